The van der Waals surface area contributed by atoms with E-state index in [-0.39, 0.29) is 12.0 Å². The molecule has 7 nitrogen and oxygen atoms in total. The molecule has 7 heteroatoms. The van der Waals surface area contributed by atoms with Crippen LogP contribution in [-0.2, 0) is 16.1 Å². The van der Waals surface area contributed by atoms with Gasteiger partial charge in [0.25, 0.3) is 0 Å². The highest BCUT2D eigenvalue weighted by atomic mass is 16.5. The van der Waals surface area contributed by atoms with Gasteiger partial charge in [0.15, 0.2) is 0 Å². The minimum absolute atomic E-state index is 0.0257. The lowest BCUT2D eigenvalue weighted by molar-refractivity contribution is -0.130. The molecule has 27 heavy (non-hydrogen) atoms. The smallest absolute Gasteiger partial charge is 0.249 e. The summed E-state index contributed by atoms with van der Waals surface area (Å²) in [5.41, 5.74) is 1.04. The molecule has 0 radical (unpaired) electrons. The molecule has 1 N–H and O–H groups in total. The first kappa shape index (κ1) is 17.7. The Balaban J connectivity index is 1.37. The highest BCUT2D eigenvalue weighted by Crippen LogP contribution is 2.21. The molecule has 0 bridgehead atoms. The number of nitrogens with zero attached hydrogens (tertiary/aromatic N) is 4. The maximum absolute atomic E-state index is 12.2. The molecule has 2 aromatic rings. The van der Waals surface area contributed by atoms with Gasteiger partial charge in [0, 0.05) is 57.3 Å². The summed E-state index contributed by atoms with van der Waals surface area (Å²) < 4.78 is 5.45. The average Bonchev–Trinajstić information content (AvgIpc) is 3.28. The Morgan fingerprint density at radius 2 is 1.89 bits per heavy atom. The zero-order valence-corrected chi connectivity index (χ0v) is 15.4. The third-order valence-corrected chi connectivity index (χ3v) is 5.10. The molecule has 1 amide bonds. The minimum atomic E-state index is -0.299. The first-order valence-electron chi connectivity index (χ1n) is 9.55. The Morgan fingerprint density at radius 1 is 1.07 bits per heavy atom. The van der Waals surface area contributed by atoms with E-state index in [4.69, 9.17) is 4.74 Å². The number of hydrogen-bond donors (Lipinski definition) is 1. The number of piperazine rings is 1. The van der Waals surface area contributed by atoms with Gasteiger partial charge in [-0.05, 0) is 31.0 Å². The number of pyridine rings is 2. The van der Waals surface area contributed by atoms with Crippen LogP contribution in [0.1, 0.15) is 18.4 Å². The van der Waals surface area contributed by atoms with Crippen LogP contribution in [0.2, 0.25) is 0 Å². The zero-order valence-electron chi connectivity index (χ0n) is 15.4. The summed E-state index contributed by atoms with van der Waals surface area (Å²) >= 11 is 0. The summed E-state index contributed by atoms with van der Waals surface area (Å²) in [5.74, 6) is 1.94. The number of aromatic nitrogens is 2. The zero-order chi connectivity index (χ0) is 18.5. The third-order valence-electron chi connectivity index (χ3n) is 5.10. The molecular formula is C20H25N5O2. The van der Waals surface area contributed by atoms with Crippen molar-refractivity contribution in [3.8, 4) is 0 Å². The maximum Gasteiger partial charge on any atom is 0.249 e. The van der Waals surface area contributed by atoms with E-state index in [1.165, 1.54) is 0 Å². The van der Waals surface area contributed by atoms with Crippen molar-refractivity contribution in [1.29, 1.82) is 0 Å². The van der Waals surface area contributed by atoms with E-state index >= 15 is 0 Å². The van der Waals surface area contributed by atoms with E-state index in [0.717, 1.165) is 56.2 Å². The van der Waals surface area contributed by atoms with Crippen LogP contribution < -0.4 is 15.1 Å². The number of carbonyl (C=O) groups excluding carboxylic acids is 1. The van der Waals surface area contributed by atoms with E-state index in [0.29, 0.717) is 13.2 Å². The van der Waals surface area contributed by atoms with Crippen molar-refractivity contribution in [2.24, 2.45) is 0 Å². The SMILES string of the molecule is O=C(NCc1cccnc1N1CCN(c2ccccn2)CC1)[C@H]1CCCO1. The molecule has 0 aromatic carbocycles. The van der Waals surface area contributed by atoms with Gasteiger partial charge in [-0.3, -0.25) is 4.79 Å². The predicted molar refractivity (Wildman–Crippen MR) is 104 cm³/mol. The highest BCUT2D eigenvalue weighted by Gasteiger charge is 2.24. The number of rotatable bonds is 5. The monoisotopic (exact) mass is 367 g/mol. The molecule has 2 fully saturated rings. The molecule has 142 valence electrons. The van der Waals surface area contributed by atoms with Crippen molar-refractivity contribution in [3.63, 3.8) is 0 Å². The number of ether oxygens (including phenoxy) is 1. The van der Waals surface area contributed by atoms with Crippen LogP contribution in [0.5, 0.6) is 0 Å². The Bertz CT molecular complexity index is 756. The van der Waals surface area contributed by atoms with Crippen LogP contribution in [0.4, 0.5) is 11.6 Å². The normalized spacial score (nSPS) is 19.9. The summed E-state index contributed by atoms with van der Waals surface area (Å²) in [6.07, 6.45) is 5.10. The molecule has 2 aromatic heterocycles. The predicted octanol–water partition coefficient (Wildman–Crippen LogP) is 1.60. The Kier molecular flexibility index (Phi) is 5.48. The summed E-state index contributed by atoms with van der Waals surface area (Å²) in [6.45, 7) is 4.70. The van der Waals surface area contributed by atoms with Crippen LogP contribution in [0.25, 0.3) is 0 Å². The highest BCUT2D eigenvalue weighted by molar-refractivity contribution is 5.81. The molecule has 4 heterocycles. The molecule has 0 saturated carbocycles. The van der Waals surface area contributed by atoms with Crippen LogP contribution >= 0.6 is 0 Å². The molecule has 0 aliphatic carbocycles. The van der Waals surface area contributed by atoms with Crippen molar-refractivity contribution in [3.05, 3.63) is 48.3 Å². The first-order valence-corrected chi connectivity index (χ1v) is 9.55. The summed E-state index contributed by atoms with van der Waals surface area (Å²) in [5, 5.41) is 3.00. The molecule has 0 unspecified atom stereocenters. The van der Waals surface area contributed by atoms with Gasteiger partial charge in [-0.2, -0.15) is 0 Å². The standard InChI is InChI=1S/C20H25N5O2/c26-20(17-6-4-14-27-17)23-15-16-5-3-9-22-19(16)25-12-10-24(11-13-25)18-7-1-2-8-21-18/h1-3,5,7-9,17H,4,6,10-15H2,(H,23,26)/t17-/m1/s1. The van der Waals surface area contributed by atoms with E-state index in [2.05, 4.69) is 25.1 Å². The third kappa shape index (κ3) is 4.19. The van der Waals surface area contributed by atoms with Gasteiger partial charge in [0.05, 0.1) is 0 Å². The second-order valence-electron chi connectivity index (χ2n) is 6.87. The van der Waals surface area contributed by atoms with Gasteiger partial charge in [-0.15, -0.1) is 0 Å². The van der Waals surface area contributed by atoms with Gasteiger partial charge < -0.3 is 19.9 Å². The molecule has 1 atom stereocenters. The quantitative estimate of drug-likeness (QED) is 0.866. The van der Waals surface area contributed by atoms with Gasteiger partial charge in [0.1, 0.15) is 17.7 Å². The van der Waals surface area contributed by atoms with Gasteiger partial charge >= 0.3 is 0 Å². The fraction of sp³-hybridized carbons (Fsp3) is 0.450. The molecule has 2 saturated heterocycles. The van der Waals surface area contributed by atoms with E-state index in [1.807, 2.05) is 42.7 Å². The summed E-state index contributed by atoms with van der Waals surface area (Å²) in [6, 6.07) is 9.94. The Morgan fingerprint density at radius 3 is 2.63 bits per heavy atom. The lowest BCUT2D eigenvalue weighted by Gasteiger charge is -2.36. The second kappa shape index (κ2) is 8.35. The van der Waals surface area contributed by atoms with Gasteiger partial charge in [-0.25, -0.2) is 9.97 Å². The molecule has 0 spiro atoms. The van der Waals surface area contributed by atoms with Crippen molar-refractivity contribution >= 4 is 17.5 Å². The van der Waals surface area contributed by atoms with Crippen LogP contribution in [0, 0.1) is 0 Å². The van der Waals surface area contributed by atoms with E-state index in [1.54, 1.807) is 0 Å². The Labute approximate surface area is 159 Å². The number of anilines is 2. The first-order chi connectivity index (χ1) is 13.3. The number of hydrogen-bond acceptors (Lipinski definition) is 6. The maximum atomic E-state index is 12.2. The molecule has 2 aliphatic rings. The van der Waals surface area contributed by atoms with E-state index in [9.17, 15) is 4.79 Å². The minimum Gasteiger partial charge on any atom is -0.368 e. The van der Waals surface area contributed by atoms with Crippen molar-refractivity contribution in [1.82, 2.24) is 15.3 Å². The average molecular weight is 367 g/mol. The van der Waals surface area contributed by atoms with Crippen molar-refractivity contribution in [2.45, 2.75) is 25.5 Å². The fourth-order valence-corrected chi connectivity index (χ4v) is 3.62. The lowest BCUT2D eigenvalue weighted by Crippen LogP contribution is -2.47. The topological polar surface area (TPSA) is 70.6 Å². The lowest BCUT2D eigenvalue weighted by atomic mass is 10.2. The van der Waals surface area contributed by atoms with E-state index < -0.39 is 0 Å². The number of carbonyl (C=O) groups is 1. The molecule has 4 rings (SSSR count). The summed E-state index contributed by atoms with van der Waals surface area (Å²) in [4.78, 5) is 25.8. The van der Waals surface area contributed by atoms with Crippen LogP contribution in [0.3, 0.4) is 0 Å². The van der Waals surface area contributed by atoms with Crippen molar-refractivity contribution in [2.75, 3.05) is 42.6 Å². The van der Waals surface area contributed by atoms with Gasteiger partial charge in [-0.1, -0.05) is 12.1 Å². The molecular weight excluding hydrogens is 342 g/mol. The largest absolute Gasteiger partial charge is 0.368 e. The summed E-state index contributed by atoms with van der Waals surface area (Å²) in [7, 11) is 0. The van der Waals surface area contributed by atoms with Crippen LogP contribution in [0.15, 0.2) is 42.7 Å². The van der Waals surface area contributed by atoms with Gasteiger partial charge in [0.2, 0.25) is 5.91 Å². The van der Waals surface area contributed by atoms with Crippen molar-refractivity contribution < 1.29 is 9.53 Å². The Hall–Kier alpha value is -2.67. The number of nitrogens with one attached hydrogen (secondary N) is 1. The molecule has 2 aliphatic heterocycles. The van der Waals surface area contributed by atoms with Crippen LogP contribution in [-0.4, -0.2) is 54.8 Å². The number of amides is 1. The fourth-order valence-electron chi connectivity index (χ4n) is 3.62. The second-order valence-corrected chi connectivity index (χ2v) is 6.87.